The van der Waals surface area contributed by atoms with Gasteiger partial charge in [0.15, 0.2) is 0 Å². The Kier molecular flexibility index (Phi) is 5.10. The molecule has 1 saturated heterocycles. The van der Waals surface area contributed by atoms with Crippen LogP contribution in [-0.4, -0.2) is 43.7 Å². The molecule has 2 aliphatic rings. The average molecular weight is 239 g/mol. The van der Waals surface area contributed by atoms with E-state index in [2.05, 4.69) is 10.6 Å². The molecule has 1 aliphatic heterocycles. The Labute approximate surface area is 104 Å². The van der Waals surface area contributed by atoms with Crippen LogP contribution in [0.2, 0.25) is 0 Å². The van der Waals surface area contributed by atoms with Crippen LogP contribution in [0.4, 0.5) is 4.79 Å². The summed E-state index contributed by atoms with van der Waals surface area (Å²) in [5.41, 5.74) is 0. The van der Waals surface area contributed by atoms with Gasteiger partial charge in [0.25, 0.3) is 0 Å². The third-order valence-corrected chi connectivity index (χ3v) is 3.96. The maximum atomic E-state index is 11.3. The molecule has 0 radical (unpaired) electrons. The molecule has 2 fully saturated rings. The minimum absolute atomic E-state index is 0.0964. The molecule has 4 heteroatoms. The Bertz CT molecular complexity index is 239. The van der Waals surface area contributed by atoms with Crippen LogP contribution in [0.15, 0.2) is 0 Å². The Morgan fingerprint density at radius 1 is 1.24 bits per heavy atom. The van der Waals surface area contributed by atoms with Crippen molar-refractivity contribution in [1.29, 1.82) is 0 Å². The maximum Gasteiger partial charge on any atom is 0.317 e. The first-order chi connectivity index (χ1) is 8.36. The molecule has 2 N–H and O–H groups in total. The Morgan fingerprint density at radius 2 is 2.06 bits per heavy atom. The van der Waals surface area contributed by atoms with Crippen LogP contribution in [0, 0.1) is 5.92 Å². The standard InChI is InChI=1S/C13H25N3O/c17-13-15-9-11-16(13)10-8-14-7-6-12-4-2-1-3-5-12/h12,14H,1-11H2,(H,15,17). The minimum Gasteiger partial charge on any atom is -0.336 e. The van der Waals surface area contributed by atoms with Gasteiger partial charge in [-0.25, -0.2) is 4.79 Å². The van der Waals surface area contributed by atoms with E-state index >= 15 is 0 Å². The molecular weight excluding hydrogens is 214 g/mol. The van der Waals surface area contributed by atoms with E-state index in [0.29, 0.717) is 0 Å². The summed E-state index contributed by atoms with van der Waals surface area (Å²) in [7, 11) is 0. The molecule has 4 nitrogen and oxygen atoms in total. The molecule has 0 aromatic rings. The Morgan fingerprint density at radius 3 is 2.76 bits per heavy atom. The van der Waals surface area contributed by atoms with Crippen molar-refractivity contribution in [2.24, 2.45) is 5.92 Å². The normalized spacial score (nSPS) is 21.9. The van der Waals surface area contributed by atoms with Gasteiger partial charge in [0.05, 0.1) is 0 Å². The van der Waals surface area contributed by atoms with Crippen molar-refractivity contribution in [3.63, 3.8) is 0 Å². The van der Waals surface area contributed by atoms with Gasteiger partial charge >= 0.3 is 6.03 Å². The van der Waals surface area contributed by atoms with Crippen molar-refractivity contribution in [2.45, 2.75) is 38.5 Å². The van der Waals surface area contributed by atoms with Gasteiger partial charge in [-0.15, -0.1) is 0 Å². The monoisotopic (exact) mass is 239 g/mol. The van der Waals surface area contributed by atoms with Crippen molar-refractivity contribution in [1.82, 2.24) is 15.5 Å². The summed E-state index contributed by atoms with van der Waals surface area (Å²) in [6.07, 6.45) is 8.46. The van der Waals surface area contributed by atoms with E-state index < -0.39 is 0 Å². The lowest BCUT2D eigenvalue weighted by atomic mass is 9.87. The summed E-state index contributed by atoms with van der Waals surface area (Å²) in [4.78, 5) is 13.2. The molecule has 1 saturated carbocycles. The van der Waals surface area contributed by atoms with Crippen LogP contribution in [0.3, 0.4) is 0 Å². The number of hydrogen-bond acceptors (Lipinski definition) is 2. The van der Waals surface area contributed by atoms with E-state index in [1.165, 1.54) is 38.5 Å². The Balaban J connectivity index is 1.47. The van der Waals surface area contributed by atoms with Gasteiger partial charge in [0.1, 0.15) is 0 Å². The summed E-state index contributed by atoms with van der Waals surface area (Å²) < 4.78 is 0. The van der Waals surface area contributed by atoms with Gasteiger partial charge in [-0.2, -0.15) is 0 Å². The lowest BCUT2D eigenvalue weighted by molar-refractivity contribution is 0.217. The van der Waals surface area contributed by atoms with Crippen molar-refractivity contribution < 1.29 is 4.79 Å². The maximum absolute atomic E-state index is 11.3. The highest BCUT2D eigenvalue weighted by Gasteiger charge is 2.18. The van der Waals surface area contributed by atoms with E-state index in [1.807, 2.05) is 4.90 Å². The fourth-order valence-electron chi connectivity index (χ4n) is 2.85. The van der Waals surface area contributed by atoms with Gasteiger partial charge < -0.3 is 15.5 Å². The van der Waals surface area contributed by atoms with Gasteiger partial charge in [0.2, 0.25) is 0 Å². The molecule has 2 rings (SSSR count). The summed E-state index contributed by atoms with van der Waals surface area (Å²) in [5.74, 6) is 0.950. The van der Waals surface area contributed by atoms with Crippen molar-refractivity contribution >= 4 is 6.03 Å². The van der Waals surface area contributed by atoms with Gasteiger partial charge in [-0.1, -0.05) is 32.1 Å². The van der Waals surface area contributed by atoms with E-state index in [9.17, 15) is 4.79 Å². The van der Waals surface area contributed by atoms with Crippen LogP contribution in [0.25, 0.3) is 0 Å². The van der Waals surface area contributed by atoms with Gasteiger partial charge in [0, 0.05) is 26.2 Å². The third-order valence-electron chi connectivity index (χ3n) is 3.96. The molecule has 2 amide bonds. The molecule has 0 unspecified atom stereocenters. The van der Waals surface area contributed by atoms with Gasteiger partial charge in [-0.3, -0.25) is 0 Å². The second-order valence-electron chi connectivity index (χ2n) is 5.26. The zero-order valence-corrected chi connectivity index (χ0v) is 10.7. The number of carbonyl (C=O) groups is 1. The number of hydrogen-bond donors (Lipinski definition) is 2. The molecule has 0 bridgehead atoms. The smallest absolute Gasteiger partial charge is 0.317 e. The quantitative estimate of drug-likeness (QED) is 0.691. The molecule has 1 aliphatic carbocycles. The van der Waals surface area contributed by atoms with Crippen molar-refractivity contribution in [2.75, 3.05) is 32.7 Å². The first-order valence-corrected chi connectivity index (χ1v) is 7.10. The summed E-state index contributed by atoms with van der Waals surface area (Å²) in [6.45, 7) is 4.56. The molecule has 0 aromatic carbocycles. The molecule has 17 heavy (non-hydrogen) atoms. The summed E-state index contributed by atoms with van der Waals surface area (Å²) >= 11 is 0. The van der Waals surface area contributed by atoms with E-state index in [1.54, 1.807) is 0 Å². The predicted octanol–water partition coefficient (Wildman–Crippen LogP) is 1.57. The minimum atomic E-state index is 0.0964. The number of amides is 2. The van der Waals surface area contributed by atoms with Crippen LogP contribution in [-0.2, 0) is 0 Å². The SMILES string of the molecule is O=C1NCCN1CCNCCC1CCCCC1. The number of urea groups is 1. The van der Waals surface area contributed by atoms with E-state index in [0.717, 1.165) is 38.6 Å². The largest absolute Gasteiger partial charge is 0.336 e. The lowest BCUT2D eigenvalue weighted by Gasteiger charge is -2.21. The second-order valence-corrected chi connectivity index (χ2v) is 5.26. The molecule has 0 atom stereocenters. The lowest BCUT2D eigenvalue weighted by Crippen LogP contribution is -2.35. The molecule has 98 valence electrons. The Hall–Kier alpha value is -0.770. The van der Waals surface area contributed by atoms with Crippen LogP contribution >= 0.6 is 0 Å². The zero-order chi connectivity index (χ0) is 11.9. The molecule has 0 aromatic heterocycles. The number of nitrogens with zero attached hydrogens (tertiary/aromatic N) is 1. The molecule has 0 spiro atoms. The van der Waals surface area contributed by atoms with Crippen molar-refractivity contribution in [3.05, 3.63) is 0 Å². The van der Waals surface area contributed by atoms with E-state index in [-0.39, 0.29) is 6.03 Å². The first kappa shape index (κ1) is 12.7. The average Bonchev–Trinajstić information content (AvgIpc) is 2.76. The van der Waals surface area contributed by atoms with Crippen LogP contribution in [0.1, 0.15) is 38.5 Å². The van der Waals surface area contributed by atoms with Crippen LogP contribution < -0.4 is 10.6 Å². The number of carbonyl (C=O) groups excluding carboxylic acids is 1. The first-order valence-electron chi connectivity index (χ1n) is 7.10. The number of rotatable bonds is 6. The molecule has 1 heterocycles. The van der Waals surface area contributed by atoms with Crippen molar-refractivity contribution in [3.8, 4) is 0 Å². The summed E-state index contributed by atoms with van der Waals surface area (Å²) in [5, 5.41) is 6.28. The van der Waals surface area contributed by atoms with Crippen LogP contribution in [0.5, 0.6) is 0 Å². The summed E-state index contributed by atoms with van der Waals surface area (Å²) in [6, 6.07) is 0.0964. The number of nitrogens with one attached hydrogen (secondary N) is 2. The second kappa shape index (κ2) is 6.84. The van der Waals surface area contributed by atoms with E-state index in [4.69, 9.17) is 0 Å². The predicted molar refractivity (Wildman–Crippen MR) is 69.0 cm³/mol. The zero-order valence-electron chi connectivity index (χ0n) is 10.7. The highest BCUT2D eigenvalue weighted by Crippen LogP contribution is 2.25. The highest BCUT2D eigenvalue weighted by molar-refractivity contribution is 5.76. The fraction of sp³-hybridized carbons (Fsp3) is 0.923. The fourth-order valence-corrected chi connectivity index (χ4v) is 2.85. The van der Waals surface area contributed by atoms with Gasteiger partial charge in [-0.05, 0) is 18.9 Å². The topological polar surface area (TPSA) is 44.4 Å². The molecular formula is C13H25N3O. The highest BCUT2D eigenvalue weighted by atomic mass is 16.2. The third kappa shape index (κ3) is 4.19.